The first-order valence-electron chi connectivity index (χ1n) is 5.98. The largest absolute Gasteiger partial charge is 0.480 e. The van der Waals surface area contributed by atoms with Gasteiger partial charge in [-0.2, -0.15) is 0 Å². The van der Waals surface area contributed by atoms with E-state index in [9.17, 15) is 4.79 Å². The van der Waals surface area contributed by atoms with Crippen LogP contribution < -0.4 is 5.32 Å². The van der Waals surface area contributed by atoms with E-state index >= 15 is 0 Å². The SMILES string of the molecule is C.CC#CC.O=C(O)[C@@H]1C[C@@H]2CCC[C@@H]2CN1. The number of rotatable bonds is 1. The molecule has 0 amide bonds. The zero-order chi connectivity index (χ0) is 12.0. The maximum absolute atomic E-state index is 10.7. The molecule has 1 aliphatic carbocycles. The Morgan fingerprint density at radius 3 is 2.35 bits per heavy atom. The van der Waals surface area contributed by atoms with Crippen LogP contribution in [-0.2, 0) is 4.79 Å². The second-order valence-corrected chi connectivity index (χ2v) is 4.49. The lowest BCUT2D eigenvalue weighted by atomic mass is 9.86. The van der Waals surface area contributed by atoms with Crippen LogP contribution in [0, 0.1) is 23.7 Å². The number of nitrogens with one attached hydrogen (secondary N) is 1. The Bertz CT molecular complexity index is 284. The standard InChI is InChI=1S/C9H15NO2.C4H6.CH4/c11-9(12)8-4-6-2-1-3-7(6)5-10-8;1-3-4-2;/h6-8,10H,1-5H2,(H,11,12);1-2H3;1H4/t6-,7+,8-;;/m0../s1. The van der Waals surface area contributed by atoms with Gasteiger partial charge in [0.15, 0.2) is 0 Å². The van der Waals surface area contributed by atoms with Crippen LogP contribution in [0.15, 0.2) is 0 Å². The molecule has 0 bridgehead atoms. The molecule has 0 spiro atoms. The monoisotopic (exact) mass is 239 g/mol. The van der Waals surface area contributed by atoms with Crippen molar-refractivity contribution in [1.29, 1.82) is 0 Å². The van der Waals surface area contributed by atoms with E-state index in [4.69, 9.17) is 5.11 Å². The van der Waals surface area contributed by atoms with Gasteiger partial charge in [0.05, 0.1) is 0 Å². The van der Waals surface area contributed by atoms with E-state index in [1.54, 1.807) is 0 Å². The van der Waals surface area contributed by atoms with E-state index in [0.717, 1.165) is 18.9 Å². The van der Waals surface area contributed by atoms with Crippen molar-refractivity contribution in [3.05, 3.63) is 0 Å². The first-order valence-corrected chi connectivity index (χ1v) is 5.98. The number of hydrogen-bond donors (Lipinski definition) is 2. The van der Waals surface area contributed by atoms with Crippen molar-refractivity contribution in [2.24, 2.45) is 11.8 Å². The van der Waals surface area contributed by atoms with Crippen LogP contribution in [0.3, 0.4) is 0 Å². The molecule has 98 valence electrons. The molecule has 3 atom stereocenters. The molecule has 1 heterocycles. The third kappa shape index (κ3) is 4.79. The van der Waals surface area contributed by atoms with Crippen molar-refractivity contribution in [3.63, 3.8) is 0 Å². The quantitative estimate of drug-likeness (QED) is 0.691. The van der Waals surface area contributed by atoms with Gasteiger partial charge in [-0.3, -0.25) is 4.79 Å². The van der Waals surface area contributed by atoms with Crippen molar-refractivity contribution >= 4 is 5.97 Å². The summed E-state index contributed by atoms with van der Waals surface area (Å²) in [5, 5.41) is 11.9. The smallest absolute Gasteiger partial charge is 0.320 e. The molecule has 0 aromatic carbocycles. The molecule has 1 saturated carbocycles. The van der Waals surface area contributed by atoms with Gasteiger partial charge < -0.3 is 10.4 Å². The minimum atomic E-state index is -0.680. The molecule has 3 nitrogen and oxygen atoms in total. The highest BCUT2D eigenvalue weighted by atomic mass is 16.4. The predicted octanol–water partition coefficient (Wildman–Crippen LogP) is 2.51. The van der Waals surface area contributed by atoms with E-state index in [1.165, 1.54) is 19.3 Å². The zero-order valence-corrected chi connectivity index (χ0v) is 10.1. The van der Waals surface area contributed by atoms with Gasteiger partial charge in [-0.25, -0.2) is 0 Å². The second-order valence-electron chi connectivity index (χ2n) is 4.49. The summed E-state index contributed by atoms with van der Waals surface area (Å²) < 4.78 is 0. The number of fused-ring (bicyclic) bond motifs is 1. The molecule has 1 saturated heterocycles. The van der Waals surface area contributed by atoms with Gasteiger partial charge in [-0.1, -0.05) is 20.3 Å². The third-order valence-corrected chi connectivity index (χ3v) is 3.53. The van der Waals surface area contributed by atoms with Gasteiger partial charge in [0.25, 0.3) is 0 Å². The molecular formula is C14H25NO2. The lowest BCUT2D eigenvalue weighted by Gasteiger charge is -2.30. The molecule has 0 aromatic rings. The van der Waals surface area contributed by atoms with Crippen LogP contribution in [0.25, 0.3) is 0 Å². The van der Waals surface area contributed by atoms with Crippen molar-refractivity contribution in [3.8, 4) is 11.8 Å². The Morgan fingerprint density at radius 2 is 1.82 bits per heavy atom. The van der Waals surface area contributed by atoms with Crippen molar-refractivity contribution in [2.45, 2.75) is 53.0 Å². The molecule has 2 aliphatic rings. The van der Waals surface area contributed by atoms with Crippen molar-refractivity contribution in [2.75, 3.05) is 6.54 Å². The Labute approximate surface area is 105 Å². The van der Waals surface area contributed by atoms with Gasteiger partial charge in [0, 0.05) is 0 Å². The van der Waals surface area contributed by atoms with E-state index < -0.39 is 5.97 Å². The highest BCUT2D eigenvalue weighted by Gasteiger charge is 2.35. The summed E-state index contributed by atoms with van der Waals surface area (Å²) in [5.41, 5.74) is 0. The molecular weight excluding hydrogens is 214 g/mol. The minimum Gasteiger partial charge on any atom is -0.480 e. The Balaban J connectivity index is 0.000000453. The molecule has 0 aromatic heterocycles. The molecule has 17 heavy (non-hydrogen) atoms. The number of carbonyl (C=O) groups is 1. The van der Waals surface area contributed by atoms with Crippen molar-refractivity contribution < 1.29 is 9.90 Å². The second kappa shape index (κ2) is 8.14. The Morgan fingerprint density at radius 1 is 1.24 bits per heavy atom. The van der Waals surface area contributed by atoms with Gasteiger partial charge in [-0.05, 0) is 45.1 Å². The molecule has 0 unspecified atom stereocenters. The van der Waals surface area contributed by atoms with Crippen LogP contribution in [0.1, 0.15) is 47.0 Å². The minimum absolute atomic E-state index is 0. The number of carboxylic acids is 1. The fraction of sp³-hybridized carbons (Fsp3) is 0.786. The van der Waals surface area contributed by atoms with E-state index in [0.29, 0.717) is 5.92 Å². The van der Waals surface area contributed by atoms with E-state index in [-0.39, 0.29) is 13.5 Å². The van der Waals surface area contributed by atoms with Crippen LogP contribution in [0.2, 0.25) is 0 Å². The third-order valence-electron chi connectivity index (χ3n) is 3.53. The summed E-state index contributed by atoms with van der Waals surface area (Å²) in [5.74, 6) is 6.13. The first-order chi connectivity index (χ1) is 7.69. The maximum Gasteiger partial charge on any atom is 0.320 e. The predicted molar refractivity (Wildman–Crippen MR) is 70.7 cm³/mol. The van der Waals surface area contributed by atoms with Crippen LogP contribution in [-0.4, -0.2) is 23.7 Å². The normalized spacial score (nSPS) is 29.6. The average Bonchev–Trinajstić information content (AvgIpc) is 2.76. The highest BCUT2D eigenvalue weighted by molar-refractivity contribution is 5.73. The topological polar surface area (TPSA) is 49.3 Å². The Hall–Kier alpha value is -1.01. The van der Waals surface area contributed by atoms with Gasteiger partial charge in [0.2, 0.25) is 0 Å². The van der Waals surface area contributed by atoms with Crippen molar-refractivity contribution in [1.82, 2.24) is 5.32 Å². The summed E-state index contributed by atoms with van der Waals surface area (Å²) in [6.07, 6.45) is 4.68. The first kappa shape index (κ1) is 16.0. The fourth-order valence-corrected chi connectivity index (χ4v) is 2.56. The zero-order valence-electron chi connectivity index (χ0n) is 10.1. The van der Waals surface area contributed by atoms with Gasteiger partial charge in [-0.15, -0.1) is 11.8 Å². The molecule has 1 aliphatic heterocycles. The molecule has 0 radical (unpaired) electrons. The number of piperidine rings is 1. The fourth-order valence-electron chi connectivity index (χ4n) is 2.56. The molecule has 2 rings (SSSR count). The lowest BCUT2D eigenvalue weighted by molar-refractivity contribution is -0.140. The Kier molecular flexibility index (Phi) is 7.65. The van der Waals surface area contributed by atoms with E-state index in [2.05, 4.69) is 17.2 Å². The summed E-state index contributed by atoms with van der Waals surface area (Å²) in [6.45, 7) is 4.56. The number of hydrogen-bond acceptors (Lipinski definition) is 2. The number of carboxylic acid groups (broad SMARTS) is 1. The van der Waals surface area contributed by atoms with E-state index in [1.807, 2.05) is 13.8 Å². The summed E-state index contributed by atoms with van der Waals surface area (Å²) in [7, 11) is 0. The highest BCUT2D eigenvalue weighted by Crippen LogP contribution is 2.36. The molecule has 3 heteroatoms. The van der Waals surface area contributed by atoms with Gasteiger partial charge in [0.1, 0.15) is 6.04 Å². The average molecular weight is 239 g/mol. The van der Waals surface area contributed by atoms with Crippen LogP contribution >= 0.6 is 0 Å². The molecule has 2 N–H and O–H groups in total. The lowest BCUT2D eigenvalue weighted by Crippen LogP contribution is -2.46. The van der Waals surface area contributed by atoms with Crippen LogP contribution in [0.4, 0.5) is 0 Å². The molecule has 2 fully saturated rings. The number of aliphatic carboxylic acids is 1. The van der Waals surface area contributed by atoms with Crippen LogP contribution in [0.5, 0.6) is 0 Å². The summed E-state index contributed by atoms with van der Waals surface area (Å²) >= 11 is 0. The van der Waals surface area contributed by atoms with Gasteiger partial charge >= 0.3 is 5.97 Å². The maximum atomic E-state index is 10.7. The summed E-state index contributed by atoms with van der Waals surface area (Å²) in [6, 6.07) is -0.274. The summed E-state index contributed by atoms with van der Waals surface area (Å²) in [4.78, 5) is 10.7.